The van der Waals surface area contributed by atoms with Gasteiger partial charge in [-0.1, -0.05) is 39.0 Å². The zero-order valence-corrected chi connectivity index (χ0v) is 9.13. The molecule has 14 heavy (non-hydrogen) atoms. The van der Waals surface area contributed by atoms with E-state index in [1.165, 1.54) is 51.4 Å². The second-order valence-corrected chi connectivity index (χ2v) is 4.13. The maximum absolute atomic E-state index is 10.9. The van der Waals surface area contributed by atoms with Crippen LogP contribution in [-0.2, 0) is 9.53 Å². The molecule has 0 bridgehead atoms. The molecule has 0 atom stereocenters. The van der Waals surface area contributed by atoms with Gasteiger partial charge in [0, 0.05) is 0 Å². The van der Waals surface area contributed by atoms with Gasteiger partial charge in [0.15, 0.2) is 0 Å². The van der Waals surface area contributed by atoms with Crippen molar-refractivity contribution >= 4 is 5.97 Å². The van der Waals surface area contributed by atoms with E-state index in [1.54, 1.807) is 6.92 Å². The summed E-state index contributed by atoms with van der Waals surface area (Å²) in [5, 5.41) is 0. The molecule has 0 heterocycles. The van der Waals surface area contributed by atoms with Crippen molar-refractivity contribution in [3.63, 3.8) is 0 Å². The van der Waals surface area contributed by atoms with Crippen LogP contribution in [0.25, 0.3) is 0 Å². The van der Waals surface area contributed by atoms with Gasteiger partial charge < -0.3 is 4.74 Å². The molecule has 1 radical (unpaired) electrons. The highest BCUT2D eigenvalue weighted by atomic mass is 16.5. The van der Waals surface area contributed by atoms with Crippen molar-refractivity contribution in [2.24, 2.45) is 5.92 Å². The first-order chi connectivity index (χ1) is 6.83. The summed E-state index contributed by atoms with van der Waals surface area (Å²) in [4.78, 5) is 10.9. The SMILES string of the molecule is C[CH]C(=O)OCC1CCCCCCC1. The van der Waals surface area contributed by atoms with E-state index in [9.17, 15) is 4.79 Å². The van der Waals surface area contributed by atoms with Crippen LogP contribution >= 0.6 is 0 Å². The quantitative estimate of drug-likeness (QED) is 0.650. The van der Waals surface area contributed by atoms with Gasteiger partial charge in [0.1, 0.15) is 0 Å². The van der Waals surface area contributed by atoms with Crippen molar-refractivity contribution in [2.45, 2.75) is 51.9 Å². The minimum absolute atomic E-state index is 0.174. The summed E-state index contributed by atoms with van der Waals surface area (Å²) in [5.74, 6) is 0.436. The van der Waals surface area contributed by atoms with Crippen molar-refractivity contribution < 1.29 is 9.53 Å². The summed E-state index contributed by atoms with van der Waals surface area (Å²) in [6.07, 6.45) is 10.6. The zero-order chi connectivity index (χ0) is 10.2. The first kappa shape index (κ1) is 11.5. The Morgan fingerprint density at radius 3 is 2.36 bits per heavy atom. The van der Waals surface area contributed by atoms with E-state index >= 15 is 0 Å². The number of hydrogen-bond donors (Lipinski definition) is 0. The van der Waals surface area contributed by atoms with Gasteiger partial charge in [-0.3, -0.25) is 4.79 Å². The lowest BCUT2D eigenvalue weighted by Gasteiger charge is -2.19. The molecule has 0 aromatic carbocycles. The molecule has 1 aliphatic carbocycles. The minimum Gasteiger partial charge on any atom is -0.465 e. The van der Waals surface area contributed by atoms with Crippen LogP contribution in [0.2, 0.25) is 0 Å². The largest absolute Gasteiger partial charge is 0.465 e. The summed E-state index contributed by atoms with van der Waals surface area (Å²) in [6, 6.07) is 0. The molecular weight excluding hydrogens is 176 g/mol. The monoisotopic (exact) mass is 197 g/mol. The van der Waals surface area contributed by atoms with Crippen LogP contribution in [0.3, 0.4) is 0 Å². The summed E-state index contributed by atoms with van der Waals surface area (Å²) >= 11 is 0. The zero-order valence-electron chi connectivity index (χ0n) is 9.13. The number of ether oxygens (including phenoxy) is 1. The highest BCUT2D eigenvalue weighted by Gasteiger charge is 2.12. The van der Waals surface area contributed by atoms with Gasteiger partial charge >= 0.3 is 5.97 Å². The van der Waals surface area contributed by atoms with E-state index in [-0.39, 0.29) is 5.97 Å². The Hall–Kier alpha value is -0.530. The first-order valence-corrected chi connectivity index (χ1v) is 5.79. The number of carbonyl (C=O) groups excluding carboxylic acids is 1. The second kappa shape index (κ2) is 6.86. The Morgan fingerprint density at radius 2 is 1.79 bits per heavy atom. The van der Waals surface area contributed by atoms with E-state index < -0.39 is 0 Å². The third kappa shape index (κ3) is 4.64. The van der Waals surface area contributed by atoms with E-state index in [2.05, 4.69) is 0 Å². The summed E-state index contributed by atoms with van der Waals surface area (Å²) in [6.45, 7) is 2.35. The molecule has 2 nitrogen and oxygen atoms in total. The third-order valence-electron chi connectivity index (χ3n) is 2.92. The minimum atomic E-state index is -0.174. The Morgan fingerprint density at radius 1 is 1.21 bits per heavy atom. The van der Waals surface area contributed by atoms with Crippen LogP contribution in [0, 0.1) is 12.3 Å². The Balaban J connectivity index is 2.16. The number of hydrogen-bond acceptors (Lipinski definition) is 2. The predicted octanol–water partition coefficient (Wildman–Crippen LogP) is 3.11. The van der Waals surface area contributed by atoms with Crippen LogP contribution in [0.5, 0.6) is 0 Å². The molecule has 0 N–H and O–H groups in total. The average Bonchev–Trinajstić information content (AvgIpc) is 2.15. The Labute approximate surface area is 87.0 Å². The van der Waals surface area contributed by atoms with Crippen LogP contribution in [0.15, 0.2) is 0 Å². The molecule has 81 valence electrons. The highest BCUT2D eigenvalue weighted by Crippen LogP contribution is 2.22. The molecule has 0 amide bonds. The molecule has 1 fully saturated rings. The van der Waals surface area contributed by atoms with E-state index in [4.69, 9.17) is 4.74 Å². The fraction of sp³-hybridized carbons (Fsp3) is 0.833. The van der Waals surface area contributed by atoms with E-state index in [0.29, 0.717) is 12.5 Å². The smallest absolute Gasteiger partial charge is 0.309 e. The van der Waals surface area contributed by atoms with Gasteiger partial charge in [0.05, 0.1) is 13.0 Å². The lowest BCUT2D eigenvalue weighted by Crippen LogP contribution is -2.15. The van der Waals surface area contributed by atoms with Crippen molar-refractivity contribution in [2.75, 3.05) is 6.61 Å². The number of carbonyl (C=O) groups is 1. The van der Waals surface area contributed by atoms with E-state index in [0.717, 1.165) is 0 Å². The first-order valence-electron chi connectivity index (χ1n) is 5.79. The normalized spacial score (nSPS) is 19.8. The van der Waals surface area contributed by atoms with Crippen molar-refractivity contribution in [3.8, 4) is 0 Å². The number of rotatable bonds is 3. The van der Waals surface area contributed by atoms with Gasteiger partial charge in [-0.05, 0) is 18.8 Å². The van der Waals surface area contributed by atoms with Crippen LogP contribution < -0.4 is 0 Å². The number of esters is 1. The summed E-state index contributed by atoms with van der Waals surface area (Å²) in [7, 11) is 0. The van der Waals surface area contributed by atoms with Crippen molar-refractivity contribution in [3.05, 3.63) is 6.42 Å². The lowest BCUT2D eigenvalue weighted by molar-refractivity contribution is -0.140. The van der Waals surface area contributed by atoms with Gasteiger partial charge in [-0.15, -0.1) is 0 Å². The topological polar surface area (TPSA) is 26.3 Å². The van der Waals surface area contributed by atoms with Crippen molar-refractivity contribution in [1.82, 2.24) is 0 Å². The average molecular weight is 197 g/mol. The molecule has 2 heteroatoms. The fourth-order valence-electron chi connectivity index (χ4n) is 1.99. The highest BCUT2D eigenvalue weighted by molar-refractivity contribution is 5.78. The van der Waals surface area contributed by atoms with E-state index in [1.807, 2.05) is 0 Å². The second-order valence-electron chi connectivity index (χ2n) is 4.13. The van der Waals surface area contributed by atoms with Crippen LogP contribution in [0.1, 0.15) is 51.9 Å². The maximum Gasteiger partial charge on any atom is 0.309 e. The Kier molecular flexibility index (Phi) is 5.65. The van der Waals surface area contributed by atoms with Gasteiger partial charge in [-0.2, -0.15) is 0 Å². The standard InChI is InChI=1S/C12H21O2/c1-2-12(13)14-10-11-8-6-4-3-5-7-9-11/h2,11H,3-10H2,1H3. The molecule has 0 saturated heterocycles. The molecule has 0 spiro atoms. The molecule has 0 aromatic rings. The predicted molar refractivity (Wildman–Crippen MR) is 56.7 cm³/mol. The summed E-state index contributed by atoms with van der Waals surface area (Å²) in [5.41, 5.74) is 0. The fourth-order valence-corrected chi connectivity index (χ4v) is 1.99. The molecule has 1 saturated carbocycles. The van der Waals surface area contributed by atoms with Gasteiger partial charge in [-0.25, -0.2) is 0 Å². The third-order valence-corrected chi connectivity index (χ3v) is 2.92. The van der Waals surface area contributed by atoms with Gasteiger partial charge in [0.25, 0.3) is 0 Å². The Bertz CT molecular complexity index is 158. The van der Waals surface area contributed by atoms with Gasteiger partial charge in [0.2, 0.25) is 0 Å². The lowest BCUT2D eigenvalue weighted by atomic mass is 9.92. The molecule has 0 unspecified atom stereocenters. The maximum atomic E-state index is 10.9. The summed E-state index contributed by atoms with van der Waals surface area (Å²) < 4.78 is 5.13. The molecule has 1 aliphatic rings. The molecule has 1 rings (SSSR count). The molecule has 0 aliphatic heterocycles. The molecule has 0 aromatic heterocycles. The van der Waals surface area contributed by atoms with Crippen LogP contribution in [-0.4, -0.2) is 12.6 Å². The van der Waals surface area contributed by atoms with Crippen molar-refractivity contribution in [1.29, 1.82) is 0 Å². The molecular formula is C12H21O2. The van der Waals surface area contributed by atoms with Crippen LogP contribution in [0.4, 0.5) is 0 Å².